The van der Waals surface area contributed by atoms with Crippen molar-refractivity contribution in [3.63, 3.8) is 0 Å². The molecule has 2 rings (SSSR count). The van der Waals surface area contributed by atoms with E-state index in [0.717, 1.165) is 26.2 Å². The van der Waals surface area contributed by atoms with Gasteiger partial charge in [0, 0.05) is 24.3 Å². The molecule has 1 saturated heterocycles. The van der Waals surface area contributed by atoms with E-state index in [1.54, 1.807) is 0 Å². The minimum absolute atomic E-state index is 0.454. The zero-order valence-corrected chi connectivity index (χ0v) is 10.7. The van der Waals surface area contributed by atoms with E-state index < -0.39 is 0 Å². The van der Waals surface area contributed by atoms with Gasteiger partial charge in [-0.15, -0.1) is 0 Å². The lowest BCUT2D eigenvalue weighted by molar-refractivity contribution is 0.0731. The summed E-state index contributed by atoms with van der Waals surface area (Å²) in [7, 11) is 0. The Balaban J connectivity index is 1.84. The maximum atomic E-state index is 5.47. The standard InChI is InChI=1S/C14H22N2O/c1-11-5-3-4-6-14(11)16-12(2)9-13-10-17-8-7-15-13/h3-6,12-13,15-16H,7-10H2,1-2H3. The lowest BCUT2D eigenvalue weighted by Crippen LogP contribution is -2.43. The molecule has 0 spiro atoms. The molecule has 17 heavy (non-hydrogen) atoms. The van der Waals surface area contributed by atoms with Crippen molar-refractivity contribution >= 4 is 5.69 Å². The number of rotatable bonds is 4. The van der Waals surface area contributed by atoms with Gasteiger partial charge < -0.3 is 15.4 Å². The molecule has 2 unspecified atom stereocenters. The summed E-state index contributed by atoms with van der Waals surface area (Å²) in [4.78, 5) is 0. The number of hydrogen-bond donors (Lipinski definition) is 2. The molecule has 1 aliphatic heterocycles. The average molecular weight is 234 g/mol. The van der Waals surface area contributed by atoms with E-state index in [2.05, 4.69) is 48.7 Å². The summed E-state index contributed by atoms with van der Waals surface area (Å²) in [6.45, 7) is 7.01. The maximum Gasteiger partial charge on any atom is 0.0621 e. The van der Waals surface area contributed by atoms with Crippen molar-refractivity contribution in [3.8, 4) is 0 Å². The number of para-hydroxylation sites is 1. The van der Waals surface area contributed by atoms with Crippen molar-refractivity contribution in [2.24, 2.45) is 0 Å². The number of benzene rings is 1. The van der Waals surface area contributed by atoms with Gasteiger partial charge >= 0.3 is 0 Å². The molecule has 3 heteroatoms. The fraction of sp³-hybridized carbons (Fsp3) is 0.571. The average Bonchev–Trinajstić information content (AvgIpc) is 2.33. The molecule has 2 N–H and O–H groups in total. The second kappa shape index (κ2) is 6.03. The van der Waals surface area contributed by atoms with Crippen LogP contribution in [0.3, 0.4) is 0 Å². The van der Waals surface area contributed by atoms with Gasteiger partial charge in [0.25, 0.3) is 0 Å². The third kappa shape index (κ3) is 3.72. The van der Waals surface area contributed by atoms with Crippen LogP contribution in [-0.2, 0) is 4.74 Å². The largest absolute Gasteiger partial charge is 0.382 e. The SMILES string of the molecule is Cc1ccccc1NC(C)CC1COCCN1. The fourth-order valence-corrected chi connectivity index (χ4v) is 2.26. The maximum absolute atomic E-state index is 5.47. The van der Waals surface area contributed by atoms with Crippen LogP contribution >= 0.6 is 0 Å². The number of nitrogens with one attached hydrogen (secondary N) is 2. The molecule has 1 heterocycles. The number of hydrogen-bond acceptors (Lipinski definition) is 3. The first-order valence-electron chi connectivity index (χ1n) is 6.39. The summed E-state index contributed by atoms with van der Waals surface area (Å²) in [6.07, 6.45) is 1.09. The number of aryl methyl sites for hydroxylation is 1. The molecule has 2 atom stereocenters. The van der Waals surface area contributed by atoms with Crippen LogP contribution in [0.1, 0.15) is 18.9 Å². The van der Waals surface area contributed by atoms with Crippen LogP contribution in [-0.4, -0.2) is 31.8 Å². The van der Waals surface area contributed by atoms with Crippen molar-refractivity contribution in [1.82, 2.24) is 5.32 Å². The summed E-state index contributed by atoms with van der Waals surface area (Å²) >= 11 is 0. The van der Waals surface area contributed by atoms with E-state index >= 15 is 0 Å². The Morgan fingerprint density at radius 3 is 3.00 bits per heavy atom. The van der Waals surface area contributed by atoms with Gasteiger partial charge in [-0.2, -0.15) is 0 Å². The Kier molecular flexibility index (Phi) is 4.40. The predicted octanol–water partition coefficient (Wildman–Crippen LogP) is 2.17. The first-order chi connectivity index (χ1) is 8.25. The Labute approximate surface area is 104 Å². The molecule has 0 saturated carbocycles. The number of morpholine rings is 1. The minimum atomic E-state index is 0.454. The van der Waals surface area contributed by atoms with Gasteiger partial charge in [0.05, 0.1) is 13.2 Å². The second-order valence-electron chi connectivity index (χ2n) is 4.82. The van der Waals surface area contributed by atoms with E-state index in [4.69, 9.17) is 4.74 Å². The quantitative estimate of drug-likeness (QED) is 0.837. The van der Waals surface area contributed by atoms with Gasteiger partial charge in [0.1, 0.15) is 0 Å². The molecule has 0 aromatic heterocycles. The molecule has 0 amide bonds. The van der Waals surface area contributed by atoms with Gasteiger partial charge in [-0.25, -0.2) is 0 Å². The molecule has 0 aliphatic carbocycles. The normalized spacial score (nSPS) is 22.1. The first kappa shape index (κ1) is 12.4. The topological polar surface area (TPSA) is 33.3 Å². The highest BCUT2D eigenvalue weighted by Crippen LogP contribution is 2.16. The van der Waals surface area contributed by atoms with Gasteiger partial charge in [-0.05, 0) is 31.9 Å². The number of anilines is 1. The molecule has 1 aliphatic rings. The van der Waals surface area contributed by atoms with Crippen molar-refractivity contribution in [2.45, 2.75) is 32.4 Å². The highest BCUT2D eigenvalue weighted by Gasteiger charge is 2.16. The van der Waals surface area contributed by atoms with E-state index in [-0.39, 0.29) is 0 Å². The Morgan fingerprint density at radius 2 is 2.29 bits per heavy atom. The lowest BCUT2D eigenvalue weighted by Gasteiger charge is -2.27. The molecule has 1 aromatic rings. The van der Waals surface area contributed by atoms with E-state index in [9.17, 15) is 0 Å². The van der Waals surface area contributed by atoms with Crippen LogP contribution in [0.2, 0.25) is 0 Å². The van der Waals surface area contributed by atoms with Crippen LogP contribution in [0.25, 0.3) is 0 Å². The monoisotopic (exact) mass is 234 g/mol. The van der Waals surface area contributed by atoms with Crippen LogP contribution in [0, 0.1) is 6.92 Å². The third-order valence-corrected chi connectivity index (χ3v) is 3.18. The first-order valence-corrected chi connectivity index (χ1v) is 6.39. The second-order valence-corrected chi connectivity index (χ2v) is 4.82. The molecule has 1 aromatic carbocycles. The van der Waals surface area contributed by atoms with Crippen molar-refractivity contribution < 1.29 is 4.74 Å². The molecular weight excluding hydrogens is 212 g/mol. The molecule has 3 nitrogen and oxygen atoms in total. The Bertz CT molecular complexity index is 348. The van der Waals surface area contributed by atoms with E-state index in [0.29, 0.717) is 12.1 Å². The summed E-state index contributed by atoms with van der Waals surface area (Å²) in [5.41, 5.74) is 2.53. The van der Waals surface area contributed by atoms with Crippen LogP contribution in [0.5, 0.6) is 0 Å². The third-order valence-electron chi connectivity index (χ3n) is 3.18. The molecule has 1 fully saturated rings. The Morgan fingerprint density at radius 1 is 1.47 bits per heavy atom. The fourth-order valence-electron chi connectivity index (χ4n) is 2.26. The van der Waals surface area contributed by atoms with Crippen LogP contribution < -0.4 is 10.6 Å². The van der Waals surface area contributed by atoms with Crippen LogP contribution in [0.4, 0.5) is 5.69 Å². The van der Waals surface area contributed by atoms with Crippen molar-refractivity contribution in [1.29, 1.82) is 0 Å². The molecule has 0 radical (unpaired) electrons. The molecule has 0 bridgehead atoms. The lowest BCUT2D eigenvalue weighted by atomic mass is 10.1. The van der Waals surface area contributed by atoms with Gasteiger partial charge in [0.15, 0.2) is 0 Å². The summed E-state index contributed by atoms with van der Waals surface area (Å²) < 4.78 is 5.47. The summed E-state index contributed by atoms with van der Waals surface area (Å²) in [5, 5.41) is 7.05. The van der Waals surface area contributed by atoms with Crippen molar-refractivity contribution in [3.05, 3.63) is 29.8 Å². The molecule has 94 valence electrons. The number of ether oxygens (including phenoxy) is 1. The Hall–Kier alpha value is -1.06. The van der Waals surface area contributed by atoms with Gasteiger partial charge in [0.2, 0.25) is 0 Å². The zero-order valence-electron chi connectivity index (χ0n) is 10.7. The minimum Gasteiger partial charge on any atom is -0.382 e. The molecular formula is C14H22N2O. The van der Waals surface area contributed by atoms with Gasteiger partial charge in [-0.3, -0.25) is 0 Å². The summed E-state index contributed by atoms with van der Waals surface area (Å²) in [6, 6.07) is 9.35. The zero-order chi connectivity index (χ0) is 12.1. The van der Waals surface area contributed by atoms with E-state index in [1.807, 2.05) is 0 Å². The smallest absolute Gasteiger partial charge is 0.0621 e. The predicted molar refractivity (Wildman–Crippen MR) is 71.5 cm³/mol. The highest BCUT2D eigenvalue weighted by molar-refractivity contribution is 5.50. The van der Waals surface area contributed by atoms with E-state index in [1.165, 1.54) is 11.3 Å². The van der Waals surface area contributed by atoms with Gasteiger partial charge in [-0.1, -0.05) is 18.2 Å². The summed E-state index contributed by atoms with van der Waals surface area (Å²) in [5.74, 6) is 0. The van der Waals surface area contributed by atoms with Crippen LogP contribution in [0.15, 0.2) is 24.3 Å². The highest BCUT2D eigenvalue weighted by atomic mass is 16.5. The van der Waals surface area contributed by atoms with Crippen molar-refractivity contribution in [2.75, 3.05) is 25.1 Å².